The third-order valence-electron chi connectivity index (χ3n) is 3.06. The summed E-state index contributed by atoms with van der Waals surface area (Å²) in [6.45, 7) is 1.38. The lowest BCUT2D eigenvalue weighted by Crippen LogP contribution is -2.27. The van der Waals surface area contributed by atoms with Crippen molar-refractivity contribution in [2.75, 3.05) is 5.32 Å². The van der Waals surface area contributed by atoms with Crippen molar-refractivity contribution in [1.29, 1.82) is 0 Å². The summed E-state index contributed by atoms with van der Waals surface area (Å²) in [7, 11) is 0. The van der Waals surface area contributed by atoms with Gasteiger partial charge in [0, 0.05) is 18.2 Å². The van der Waals surface area contributed by atoms with E-state index in [4.69, 9.17) is 0 Å². The molecule has 0 saturated heterocycles. The average molecular weight is 324 g/mol. The van der Waals surface area contributed by atoms with Gasteiger partial charge in [-0.15, -0.1) is 0 Å². The van der Waals surface area contributed by atoms with Crippen LogP contribution in [-0.4, -0.2) is 22.9 Å². The van der Waals surface area contributed by atoms with E-state index in [1.807, 2.05) is 6.07 Å². The zero-order chi connectivity index (χ0) is 17.5. The molecule has 0 unspecified atom stereocenters. The Kier molecular flexibility index (Phi) is 5.46. The second kappa shape index (κ2) is 7.73. The molecule has 24 heavy (non-hydrogen) atoms. The Bertz CT molecular complexity index is 780. The predicted octanol–water partition coefficient (Wildman–Crippen LogP) is 2.50. The maximum atomic E-state index is 12.2. The molecule has 0 aliphatic rings. The molecule has 0 aliphatic heterocycles. The zero-order valence-corrected chi connectivity index (χ0v) is 12.9. The molecule has 3 N–H and O–H groups in total. The monoisotopic (exact) mass is 324 g/mol. The quantitative estimate of drug-likeness (QED) is 0.736. The Hall–Kier alpha value is -3.41. The molecule has 6 nitrogen and oxygen atoms in total. The number of aliphatic carboxylic acids is 1. The minimum atomic E-state index is -1.23. The SMILES string of the molecule is CC(=O)Nc1ccc(C(=O)N/C(=C/c2ccccc2)C(=O)O)cc1. The first-order valence-corrected chi connectivity index (χ1v) is 7.15. The van der Waals surface area contributed by atoms with Crippen LogP contribution in [0, 0.1) is 0 Å². The summed E-state index contributed by atoms with van der Waals surface area (Å²) in [6.07, 6.45) is 1.38. The van der Waals surface area contributed by atoms with Crippen LogP contribution in [0.5, 0.6) is 0 Å². The molecule has 2 rings (SSSR count). The van der Waals surface area contributed by atoms with Crippen LogP contribution in [0.4, 0.5) is 5.69 Å². The Labute approximate surface area is 138 Å². The molecular weight excluding hydrogens is 308 g/mol. The molecule has 0 saturated carbocycles. The van der Waals surface area contributed by atoms with E-state index in [9.17, 15) is 19.5 Å². The Morgan fingerprint density at radius 1 is 0.958 bits per heavy atom. The molecule has 0 spiro atoms. The van der Waals surface area contributed by atoms with Crippen molar-refractivity contribution < 1.29 is 19.5 Å². The van der Waals surface area contributed by atoms with E-state index in [2.05, 4.69) is 10.6 Å². The standard InChI is InChI=1S/C18H16N2O4/c1-12(21)19-15-9-7-14(8-10-15)17(22)20-16(18(23)24)11-13-5-3-2-4-6-13/h2-11H,1H3,(H,19,21)(H,20,22)(H,23,24)/b16-11+. The molecule has 2 aromatic carbocycles. The largest absolute Gasteiger partial charge is 0.477 e. The number of benzene rings is 2. The number of carbonyl (C=O) groups excluding carboxylic acids is 2. The van der Waals surface area contributed by atoms with Gasteiger partial charge in [0.05, 0.1) is 0 Å². The maximum Gasteiger partial charge on any atom is 0.352 e. The number of carboxylic acids is 1. The van der Waals surface area contributed by atoms with E-state index in [1.165, 1.54) is 25.1 Å². The van der Waals surface area contributed by atoms with Crippen LogP contribution in [0.15, 0.2) is 60.3 Å². The predicted molar refractivity (Wildman–Crippen MR) is 90.3 cm³/mol. The molecule has 0 heterocycles. The first kappa shape index (κ1) is 17.0. The van der Waals surface area contributed by atoms with Gasteiger partial charge in [-0.1, -0.05) is 30.3 Å². The minimum Gasteiger partial charge on any atom is -0.477 e. The van der Waals surface area contributed by atoms with E-state index >= 15 is 0 Å². The molecule has 122 valence electrons. The number of carboxylic acid groups (broad SMARTS) is 1. The van der Waals surface area contributed by atoms with Crippen LogP contribution >= 0.6 is 0 Å². The summed E-state index contributed by atoms with van der Waals surface area (Å²) in [6, 6.07) is 15.0. The zero-order valence-electron chi connectivity index (χ0n) is 12.9. The van der Waals surface area contributed by atoms with Gasteiger partial charge < -0.3 is 15.7 Å². The number of amides is 2. The fourth-order valence-corrected chi connectivity index (χ4v) is 1.97. The molecule has 0 bridgehead atoms. The summed E-state index contributed by atoms with van der Waals surface area (Å²) in [5, 5.41) is 14.2. The van der Waals surface area contributed by atoms with Crippen molar-refractivity contribution in [3.8, 4) is 0 Å². The normalized spacial score (nSPS) is 10.8. The second-order valence-corrected chi connectivity index (χ2v) is 4.99. The molecule has 2 aromatic rings. The van der Waals surface area contributed by atoms with Gasteiger partial charge in [-0.25, -0.2) is 4.79 Å². The summed E-state index contributed by atoms with van der Waals surface area (Å²) in [5.74, 6) is -2.00. The highest BCUT2D eigenvalue weighted by Gasteiger charge is 2.13. The van der Waals surface area contributed by atoms with Gasteiger partial charge in [0.15, 0.2) is 0 Å². The van der Waals surface area contributed by atoms with E-state index in [1.54, 1.807) is 36.4 Å². The molecule has 0 radical (unpaired) electrons. The van der Waals surface area contributed by atoms with Crippen LogP contribution in [0.25, 0.3) is 6.08 Å². The van der Waals surface area contributed by atoms with Gasteiger partial charge >= 0.3 is 5.97 Å². The van der Waals surface area contributed by atoms with E-state index in [0.717, 1.165) is 0 Å². The molecule has 6 heteroatoms. The van der Waals surface area contributed by atoms with Crippen molar-refractivity contribution in [1.82, 2.24) is 5.32 Å². The van der Waals surface area contributed by atoms with Crippen molar-refractivity contribution >= 4 is 29.5 Å². The summed E-state index contributed by atoms with van der Waals surface area (Å²) >= 11 is 0. The number of hydrogen-bond acceptors (Lipinski definition) is 3. The Morgan fingerprint density at radius 3 is 2.12 bits per heavy atom. The topological polar surface area (TPSA) is 95.5 Å². The number of rotatable bonds is 5. The maximum absolute atomic E-state index is 12.2. The van der Waals surface area contributed by atoms with Gasteiger partial charge in [0.2, 0.25) is 5.91 Å². The van der Waals surface area contributed by atoms with Gasteiger partial charge in [-0.3, -0.25) is 9.59 Å². The fourth-order valence-electron chi connectivity index (χ4n) is 1.97. The highest BCUT2D eigenvalue weighted by atomic mass is 16.4. The number of carbonyl (C=O) groups is 3. The lowest BCUT2D eigenvalue weighted by molar-refractivity contribution is -0.132. The van der Waals surface area contributed by atoms with Crippen LogP contribution in [0.1, 0.15) is 22.8 Å². The average Bonchev–Trinajstić information content (AvgIpc) is 2.55. The smallest absolute Gasteiger partial charge is 0.352 e. The van der Waals surface area contributed by atoms with Gasteiger partial charge in [-0.05, 0) is 35.9 Å². The van der Waals surface area contributed by atoms with Gasteiger partial charge in [0.1, 0.15) is 5.70 Å². The summed E-state index contributed by atoms with van der Waals surface area (Å²) < 4.78 is 0. The Balaban J connectivity index is 2.15. The lowest BCUT2D eigenvalue weighted by Gasteiger charge is -2.07. The van der Waals surface area contributed by atoms with E-state index in [0.29, 0.717) is 11.3 Å². The van der Waals surface area contributed by atoms with Crippen molar-refractivity contribution in [2.45, 2.75) is 6.92 Å². The first-order valence-electron chi connectivity index (χ1n) is 7.15. The van der Waals surface area contributed by atoms with Crippen LogP contribution in [0.2, 0.25) is 0 Å². The second-order valence-electron chi connectivity index (χ2n) is 4.99. The number of nitrogens with one attached hydrogen (secondary N) is 2. The molecule has 0 aliphatic carbocycles. The molecular formula is C18H16N2O4. The molecule has 0 atom stereocenters. The Morgan fingerprint density at radius 2 is 1.58 bits per heavy atom. The fraction of sp³-hybridized carbons (Fsp3) is 0.0556. The van der Waals surface area contributed by atoms with Crippen LogP contribution in [0.3, 0.4) is 0 Å². The summed E-state index contributed by atoms with van der Waals surface area (Å²) in [5.41, 5.74) is 1.27. The van der Waals surface area contributed by atoms with E-state index < -0.39 is 11.9 Å². The third kappa shape index (κ3) is 4.81. The van der Waals surface area contributed by atoms with Crippen LogP contribution < -0.4 is 10.6 Å². The highest BCUT2D eigenvalue weighted by molar-refractivity contribution is 6.03. The van der Waals surface area contributed by atoms with Crippen molar-refractivity contribution in [2.24, 2.45) is 0 Å². The van der Waals surface area contributed by atoms with Crippen LogP contribution in [-0.2, 0) is 9.59 Å². The van der Waals surface area contributed by atoms with Crippen molar-refractivity contribution in [3.63, 3.8) is 0 Å². The third-order valence-corrected chi connectivity index (χ3v) is 3.06. The lowest BCUT2D eigenvalue weighted by atomic mass is 10.1. The highest BCUT2D eigenvalue weighted by Crippen LogP contribution is 2.11. The summed E-state index contributed by atoms with van der Waals surface area (Å²) in [4.78, 5) is 34.5. The first-order chi connectivity index (χ1) is 11.5. The minimum absolute atomic E-state index is 0.217. The number of anilines is 1. The molecule has 2 amide bonds. The van der Waals surface area contributed by atoms with Gasteiger partial charge in [0.25, 0.3) is 5.91 Å². The molecule has 0 aromatic heterocycles. The number of hydrogen-bond donors (Lipinski definition) is 3. The van der Waals surface area contributed by atoms with Crippen molar-refractivity contribution in [3.05, 3.63) is 71.4 Å². The van der Waals surface area contributed by atoms with Gasteiger partial charge in [-0.2, -0.15) is 0 Å². The van der Waals surface area contributed by atoms with E-state index in [-0.39, 0.29) is 17.2 Å². The molecule has 0 fully saturated rings.